The van der Waals surface area contributed by atoms with Gasteiger partial charge in [-0.05, 0) is 29.7 Å². The fourth-order valence-electron chi connectivity index (χ4n) is 7.14. The van der Waals surface area contributed by atoms with E-state index in [1.54, 1.807) is 6.08 Å². The summed E-state index contributed by atoms with van der Waals surface area (Å²) in [6, 6.07) is 27.1. The van der Waals surface area contributed by atoms with Crippen molar-refractivity contribution in [3.8, 4) is 45.6 Å². The second kappa shape index (κ2) is 11.2. The van der Waals surface area contributed by atoms with E-state index < -0.39 is 17.3 Å². The number of carboxylic acid groups (broad SMARTS) is 1. The number of aromatic amines is 2. The first-order valence-corrected chi connectivity index (χ1v) is 16.5. The minimum absolute atomic E-state index is 0.0769. The lowest BCUT2D eigenvalue weighted by Crippen LogP contribution is -2.09. The molecule has 0 saturated carbocycles. The summed E-state index contributed by atoms with van der Waals surface area (Å²) >= 11 is 0. The number of nitrogens with zero attached hydrogens (tertiary/aromatic N) is 6. The smallest absolute Gasteiger partial charge is 0.338 e. The van der Waals surface area contributed by atoms with Gasteiger partial charge in [-0.2, -0.15) is 0 Å². The third kappa shape index (κ3) is 4.58. The van der Waals surface area contributed by atoms with E-state index in [0.29, 0.717) is 62.5 Å². The normalized spacial score (nSPS) is 13.0. The third-order valence-corrected chi connectivity index (χ3v) is 9.54. The highest BCUT2D eigenvalue weighted by molar-refractivity contribution is 6.12. The highest BCUT2D eigenvalue weighted by Gasteiger charge is 2.29. The number of hydrogen-bond donors (Lipinski definition) is 3. The van der Waals surface area contributed by atoms with Gasteiger partial charge >= 0.3 is 5.97 Å². The molecule has 0 atom stereocenters. The van der Waals surface area contributed by atoms with Crippen LogP contribution >= 0.6 is 0 Å². The van der Waals surface area contributed by atoms with Crippen molar-refractivity contribution in [1.82, 2.24) is 39.9 Å². The number of carbonyl (C=O) groups is 2. The van der Waals surface area contributed by atoms with Gasteiger partial charge in [0.2, 0.25) is 0 Å². The van der Waals surface area contributed by atoms with Gasteiger partial charge in [0.1, 0.15) is 28.4 Å². The number of carboxylic acids is 1. The quantitative estimate of drug-likeness (QED) is 0.169. The lowest BCUT2D eigenvalue weighted by Gasteiger charge is -2.14. The number of rotatable bonds is 3. The molecule has 3 aromatic heterocycles. The Morgan fingerprint density at radius 3 is 1.65 bits per heavy atom. The van der Waals surface area contributed by atoms with Crippen LogP contribution in [0.1, 0.15) is 38.3 Å². The molecule has 0 spiro atoms. The summed E-state index contributed by atoms with van der Waals surface area (Å²) in [6.45, 7) is 0. The van der Waals surface area contributed by atoms with Crippen LogP contribution in [0, 0.1) is 5.82 Å². The minimum Gasteiger partial charge on any atom is -0.478 e. The molecule has 52 heavy (non-hydrogen) atoms. The fraction of sp³-hybridized carbons (Fsp3) is 0.0500. The molecule has 8 bridgehead atoms. The average Bonchev–Trinajstić information content (AvgIpc) is 3.89. The van der Waals surface area contributed by atoms with Crippen molar-refractivity contribution in [2.45, 2.75) is 12.8 Å². The maximum atomic E-state index is 14.3. The van der Waals surface area contributed by atoms with Crippen molar-refractivity contribution < 1.29 is 19.1 Å². The number of hydrogen-bond acceptors (Lipinski definition) is 8. The molecule has 3 N–H and O–H groups in total. The molecule has 248 valence electrons. The van der Waals surface area contributed by atoms with E-state index in [2.05, 4.69) is 9.97 Å². The second-order valence-corrected chi connectivity index (χ2v) is 12.6. The largest absolute Gasteiger partial charge is 0.478 e. The van der Waals surface area contributed by atoms with Crippen LogP contribution in [0.3, 0.4) is 0 Å². The van der Waals surface area contributed by atoms with E-state index in [1.165, 1.54) is 12.1 Å². The number of Topliss-reactive ketones (excluding diaryl/α,β-unsaturated/α-hetero) is 1. The number of ketones is 1. The zero-order valence-corrected chi connectivity index (χ0v) is 27.0. The Morgan fingerprint density at radius 1 is 0.635 bits per heavy atom. The highest BCUT2D eigenvalue weighted by Crippen LogP contribution is 2.39. The van der Waals surface area contributed by atoms with Crippen LogP contribution in [0.2, 0.25) is 0 Å². The summed E-state index contributed by atoms with van der Waals surface area (Å²) in [4.78, 5) is 62.1. The van der Waals surface area contributed by atoms with Crippen molar-refractivity contribution in [2.24, 2.45) is 0 Å². The summed E-state index contributed by atoms with van der Waals surface area (Å²) in [7, 11) is 0. The molecule has 11 nitrogen and oxygen atoms in total. The molecule has 0 radical (unpaired) electrons. The number of H-pyrrole nitrogens is 2. The molecule has 4 aromatic carbocycles. The predicted octanol–water partition coefficient (Wildman–Crippen LogP) is 7.77. The lowest BCUT2D eigenvalue weighted by molar-refractivity contribution is 0.0691. The molecule has 0 amide bonds. The number of aromatic carboxylic acids is 1. The molecular formula is C40H23FN8O3. The Labute approximate surface area is 292 Å². The SMILES string of the molecule is O=C(O)c1cc(CC2=CCC(=O)c3c2c2nc4nc(nc5[nH]c(nc6nc(nc3[nH]2)-c2ccccc2-6)c2ccccc52)-c2ccccc2-4)ccc1F. The lowest BCUT2D eigenvalue weighted by atomic mass is 9.88. The van der Waals surface area contributed by atoms with Crippen LogP contribution in [0.25, 0.3) is 84.5 Å². The number of fused-ring (bicyclic) bond motifs is 20. The molecular weight excluding hydrogens is 659 g/mol. The maximum Gasteiger partial charge on any atom is 0.338 e. The average molecular weight is 683 g/mol. The Morgan fingerprint density at radius 2 is 1.12 bits per heavy atom. The Kier molecular flexibility index (Phi) is 6.37. The molecule has 0 saturated heterocycles. The van der Waals surface area contributed by atoms with Crippen molar-refractivity contribution in [3.05, 3.63) is 125 Å². The van der Waals surface area contributed by atoms with E-state index in [9.17, 15) is 19.1 Å². The van der Waals surface area contributed by atoms with Crippen LogP contribution in [0.15, 0.2) is 97.1 Å². The first-order chi connectivity index (χ1) is 25.4. The van der Waals surface area contributed by atoms with Gasteiger partial charge in [-0.25, -0.2) is 39.1 Å². The predicted molar refractivity (Wildman–Crippen MR) is 193 cm³/mol. The van der Waals surface area contributed by atoms with E-state index in [-0.39, 0.29) is 24.3 Å². The topological polar surface area (TPSA) is 163 Å². The first kappa shape index (κ1) is 29.7. The number of allylic oxidation sites excluding steroid dienone is 2. The van der Waals surface area contributed by atoms with Crippen molar-refractivity contribution >= 4 is 50.7 Å². The molecule has 1 aliphatic carbocycles. The van der Waals surface area contributed by atoms with Gasteiger partial charge in [0.15, 0.2) is 29.1 Å². The van der Waals surface area contributed by atoms with Crippen molar-refractivity contribution in [2.75, 3.05) is 0 Å². The number of carbonyl (C=O) groups excluding carboxylic acids is 1. The summed E-state index contributed by atoms with van der Waals surface area (Å²) < 4.78 is 14.3. The van der Waals surface area contributed by atoms with Crippen LogP contribution in [0.4, 0.5) is 4.39 Å². The van der Waals surface area contributed by atoms with Gasteiger partial charge in [-0.1, -0.05) is 84.9 Å². The van der Waals surface area contributed by atoms with Crippen molar-refractivity contribution in [1.29, 1.82) is 0 Å². The zero-order chi connectivity index (χ0) is 35.1. The van der Waals surface area contributed by atoms with Crippen LogP contribution in [0.5, 0.6) is 0 Å². The van der Waals surface area contributed by atoms with Crippen LogP contribution in [-0.2, 0) is 6.42 Å². The van der Waals surface area contributed by atoms with Gasteiger partial charge in [0.25, 0.3) is 0 Å². The third-order valence-electron chi connectivity index (χ3n) is 9.54. The Balaban J connectivity index is 1.31. The van der Waals surface area contributed by atoms with Crippen LogP contribution < -0.4 is 0 Å². The molecule has 0 fully saturated rings. The van der Waals surface area contributed by atoms with E-state index in [0.717, 1.165) is 39.1 Å². The Bertz CT molecular complexity index is 2950. The summed E-state index contributed by atoms with van der Waals surface area (Å²) in [5, 5.41) is 11.3. The molecule has 7 aromatic rings. The molecule has 10 rings (SSSR count). The molecule has 0 unspecified atom stereocenters. The molecule has 12 heteroatoms. The number of nitrogens with one attached hydrogen (secondary N) is 2. The molecule has 3 aliphatic rings. The van der Waals surface area contributed by atoms with Gasteiger partial charge < -0.3 is 15.1 Å². The number of aromatic nitrogens is 8. The Hall–Kier alpha value is -7.21. The second-order valence-electron chi connectivity index (χ2n) is 12.6. The van der Waals surface area contributed by atoms with Gasteiger partial charge in [-0.15, -0.1) is 0 Å². The van der Waals surface area contributed by atoms with E-state index in [4.69, 9.17) is 29.9 Å². The van der Waals surface area contributed by atoms with Crippen molar-refractivity contribution in [3.63, 3.8) is 0 Å². The van der Waals surface area contributed by atoms with Crippen LogP contribution in [-0.4, -0.2) is 56.7 Å². The van der Waals surface area contributed by atoms with Gasteiger partial charge in [-0.3, -0.25) is 4.79 Å². The fourth-order valence-corrected chi connectivity index (χ4v) is 7.14. The standard InChI is InChI=1S/C40H23FN8O3/c41-28-15-13-19(18-27(28)40(51)52)17-20-14-16-29(50)31-30(20)38-47-36-25-11-5-3-9-23(25)34(45-36)43-32-21-7-1-2-8-22(21)33(42-32)44-35-24-10-4-6-12-26(24)37(46-35)48-39(31)49-38/h1-15,18H,16-17H2,(H,51,52)(H2,42,43,44,45,46,47,48,49). The minimum atomic E-state index is -1.37. The van der Waals surface area contributed by atoms with E-state index >= 15 is 0 Å². The summed E-state index contributed by atoms with van der Waals surface area (Å²) in [5.41, 5.74) is 6.46. The monoisotopic (exact) mass is 682 g/mol. The van der Waals surface area contributed by atoms with Gasteiger partial charge in [0, 0.05) is 45.0 Å². The zero-order valence-electron chi connectivity index (χ0n) is 27.0. The highest BCUT2D eigenvalue weighted by atomic mass is 19.1. The molecule has 2 aliphatic heterocycles. The van der Waals surface area contributed by atoms with E-state index in [1.807, 2.05) is 72.8 Å². The number of benzene rings is 4. The van der Waals surface area contributed by atoms with Gasteiger partial charge in [0.05, 0.1) is 11.1 Å². The molecule has 5 heterocycles. The summed E-state index contributed by atoms with van der Waals surface area (Å²) in [6.07, 6.45) is 2.08. The maximum absolute atomic E-state index is 14.3. The number of halogens is 1. The summed E-state index contributed by atoms with van der Waals surface area (Å²) in [5.74, 6) is -0.734. The first-order valence-electron chi connectivity index (χ1n) is 16.5.